The molecular weight excluding hydrogens is 581 g/mol. The molecule has 5 rings (SSSR count). The molecule has 0 aromatic heterocycles. The molecule has 7 nitrogen and oxygen atoms in total. The Hall–Kier alpha value is -2.81. The smallest absolute Gasteiger partial charge is 0.265 e. The zero-order valence-electron chi connectivity index (χ0n) is 23.1. The van der Waals surface area contributed by atoms with Crippen LogP contribution >= 0.6 is 23.2 Å². The Morgan fingerprint density at radius 2 is 1.78 bits per heavy atom. The van der Waals surface area contributed by atoms with Crippen molar-refractivity contribution in [3.8, 4) is 0 Å². The second-order valence-electron chi connectivity index (χ2n) is 10.8. The quantitative estimate of drug-likeness (QED) is 0.275. The molecule has 218 valence electrons. The van der Waals surface area contributed by atoms with Crippen LogP contribution < -0.4 is 9.62 Å². The minimum absolute atomic E-state index is 0.0801. The van der Waals surface area contributed by atoms with Crippen LogP contribution in [-0.2, 0) is 26.2 Å². The molecule has 1 atom stereocenters. The maximum atomic E-state index is 13.8. The minimum Gasteiger partial charge on any atom is -0.352 e. The van der Waals surface area contributed by atoms with Crippen LogP contribution in [0, 0.1) is 0 Å². The van der Waals surface area contributed by atoms with Gasteiger partial charge in [-0.15, -0.1) is 0 Å². The Morgan fingerprint density at radius 1 is 1.05 bits per heavy atom. The van der Waals surface area contributed by atoms with Crippen LogP contribution in [0.1, 0.15) is 63.9 Å². The van der Waals surface area contributed by atoms with Gasteiger partial charge in [-0.05, 0) is 60.9 Å². The average Bonchev–Trinajstić information content (AvgIpc) is 3.17. The third-order valence-corrected chi connectivity index (χ3v) is 10.6. The van der Waals surface area contributed by atoms with Crippen LogP contribution in [0.5, 0.6) is 0 Å². The molecule has 0 spiro atoms. The van der Waals surface area contributed by atoms with Crippen LogP contribution in [-0.4, -0.2) is 43.8 Å². The summed E-state index contributed by atoms with van der Waals surface area (Å²) in [5, 5.41) is 5.66. The molecule has 0 saturated heterocycles. The molecular formula is C31H35Cl2N3O4S. The first-order valence-electron chi connectivity index (χ1n) is 14.3. The molecule has 0 radical (unpaired) electrons. The van der Waals surface area contributed by atoms with E-state index in [4.69, 9.17) is 23.2 Å². The highest BCUT2D eigenvalue weighted by Crippen LogP contribution is 2.42. The molecule has 10 heteroatoms. The molecule has 3 aromatic carbocycles. The summed E-state index contributed by atoms with van der Waals surface area (Å²) < 4.78 is 28.1. The van der Waals surface area contributed by atoms with Crippen molar-refractivity contribution in [3.63, 3.8) is 0 Å². The molecule has 1 aliphatic heterocycles. The van der Waals surface area contributed by atoms with E-state index < -0.39 is 16.1 Å². The fourth-order valence-corrected chi connectivity index (χ4v) is 8.23. The van der Waals surface area contributed by atoms with Crippen LogP contribution in [0.3, 0.4) is 0 Å². The van der Waals surface area contributed by atoms with Gasteiger partial charge in [0.25, 0.3) is 10.0 Å². The summed E-state index contributed by atoms with van der Waals surface area (Å²) in [6.45, 7) is 2.20. The number of anilines is 1. The van der Waals surface area contributed by atoms with E-state index in [1.807, 2.05) is 25.1 Å². The van der Waals surface area contributed by atoms with E-state index >= 15 is 0 Å². The van der Waals surface area contributed by atoms with Crippen molar-refractivity contribution >= 4 is 61.5 Å². The van der Waals surface area contributed by atoms with Gasteiger partial charge in [-0.3, -0.25) is 13.9 Å². The molecule has 2 amide bonds. The topological polar surface area (TPSA) is 86.8 Å². The summed E-state index contributed by atoms with van der Waals surface area (Å²) in [5.41, 5.74) is 1.33. The number of amides is 2. The molecule has 1 aliphatic carbocycles. The van der Waals surface area contributed by atoms with E-state index in [9.17, 15) is 18.0 Å². The summed E-state index contributed by atoms with van der Waals surface area (Å²) in [6.07, 6.45) is 6.05. The molecule has 41 heavy (non-hydrogen) atoms. The lowest BCUT2D eigenvalue weighted by Gasteiger charge is -2.33. The van der Waals surface area contributed by atoms with Gasteiger partial charge in [0.05, 0.1) is 10.6 Å². The van der Waals surface area contributed by atoms with Crippen molar-refractivity contribution < 1.29 is 18.0 Å². The Balaban J connectivity index is 1.33. The van der Waals surface area contributed by atoms with Crippen molar-refractivity contribution in [1.29, 1.82) is 0 Å². The SMILES string of the molecule is CCC(C(=O)NC1CCCCC1)N(Cc1ccc(Cl)cc1Cl)C(=O)CCCN1c2cccc3cccc(c23)S1(=O)=O. The third kappa shape index (κ3) is 6.20. The molecule has 1 N–H and O–H groups in total. The van der Waals surface area contributed by atoms with Gasteiger partial charge < -0.3 is 10.2 Å². The molecule has 1 fully saturated rings. The van der Waals surface area contributed by atoms with Crippen molar-refractivity contribution in [1.82, 2.24) is 10.2 Å². The first-order chi connectivity index (χ1) is 19.7. The molecule has 0 bridgehead atoms. The number of carbonyl (C=O) groups is 2. The highest BCUT2D eigenvalue weighted by molar-refractivity contribution is 7.93. The number of sulfonamides is 1. The fourth-order valence-electron chi connectivity index (χ4n) is 6.01. The van der Waals surface area contributed by atoms with E-state index in [-0.39, 0.29) is 37.4 Å². The number of rotatable bonds is 10. The van der Waals surface area contributed by atoms with Gasteiger partial charge in [-0.1, -0.05) is 79.7 Å². The lowest BCUT2D eigenvalue weighted by molar-refractivity contribution is -0.141. The Kier molecular flexibility index (Phi) is 9.12. The number of benzene rings is 3. The van der Waals surface area contributed by atoms with Crippen LogP contribution in [0.25, 0.3) is 10.8 Å². The highest BCUT2D eigenvalue weighted by Gasteiger charge is 2.36. The third-order valence-electron chi connectivity index (χ3n) is 8.13. The van der Waals surface area contributed by atoms with Crippen molar-refractivity contribution in [2.24, 2.45) is 0 Å². The predicted molar refractivity (Wildman–Crippen MR) is 164 cm³/mol. The fraction of sp³-hybridized carbons (Fsp3) is 0.419. The Bertz CT molecular complexity index is 1550. The van der Waals surface area contributed by atoms with Crippen LogP contribution in [0.4, 0.5) is 5.69 Å². The molecule has 2 aliphatic rings. The first-order valence-corrected chi connectivity index (χ1v) is 16.5. The second-order valence-corrected chi connectivity index (χ2v) is 13.5. The molecule has 1 saturated carbocycles. The Morgan fingerprint density at radius 3 is 2.49 bits per heavy atom. The van der Waals surface area contributed by atoms with Gasteiger partial charge in [-0.25, -0.2) is 8.42 Å². The summed E-state index contributed by atoms with van der Waals surface area (Å²) in [4.78, 5) is 29.1. The van der Waals surface area contributed by atoms with Crippen LogP contribution in [0.15, 0.2) is 59.5 Å². The maximum absolute atomic E-state index is 13.8. The zero-order chi connectivity index (χ0) is 29.1. The largest absolute Gasteiger partial charge is 0.352 e. The van der Waals surface area contributed by atoms with Crippen molar-refractivity contribution in [2.45, 2.75) is 81.8 Å². The van der Waals surface area contributed by atoms with Gasteiger partial charge in [0, 0.05) is 41.0 Å². The average molecular weight is 617 g/mol. The van der Waals surface area contributed by atoms with E-state index in [0.29, 0.717) is 44.4 Å². The van der Waals surface area contributed by atoms with E-state index in [2.05, 4.69) is 5.32 Å². The van der Waals surface area contributed by atoms with Crippen LogP contribution in [0.2, 0.25) is 10.0 Å². The zero-order valence-corrected chi connectivity index (χ0v) is 25.4. The summed E-state index contributed by atoms with van der Waals surface area (Å²) >= 11 is 12.6. The summed E-state index contributed by atoms with van der Waals surface area (Å²) in [5.74, 6) is -0.393. The standard InChI is InChI=1S/C31H35Cl2N3O4S/c1-2-26(31(38)34-24-11-4-3-5-12-24)35(20-22-16-17-23(32)19-25(22)33)29(37)15-8-18-36-27-13-6-9-21-10-7-14-28(30(21)27)41(36,39)40/h6-7,9-10,13-14,16-17,19,24,26H,2-5,8,11-12,15,18,20H2,1H3,(H,34,38). The number of hydrogen-bond acceptors (Lipinski definition) is 4. The highest BCUT2D eigenvalue weighted by atomic mass is 35.5. The molecule has 3 aromatic rings. The monoisotopic (exact) mass is 615 g/mol. The van der Waals surface area contributed by atoms with Gasteiger partial charge in [-0.2, -0.15) is 0 Å². The lowest BCUT2D eigenvalue weighted by Crippen LogP contribution is -2.51. The molecule has 1 unspecified atom stereocenters. The molecule has 1 heterocycles. The number of halogens is 2. The number of hydrogen-bond donors (Lipinski definition) is 1. The summed E-state index contributed by atoms with van der Waals surface area (Å²) in [6, 6.07) is 15.4. The van der Waals surface area contributed by atoms with E-state index in [0.717, 1.165) is 31.1 Å². The van der Waals surface area contributed by atoms with Gasteiger partial charge in [0.15, 0.2) is 0 Å². The number of nitrogens with one attached hydrogen (secondary N) is 1. The summed E-state index contributed by atoms with van der Waals surface area (Å²) in [7, 11) is -3.71. The first kappa shape index (κ1) is 29.7. The second kappa shape index (κ2) is 12.6. The van der Waals surface area contributed by atoms with Gasteiger partial charge >= 0.3 is 0 Å². The van der Waals surface area contributed by atoms with Crippen molar-refractivity contribution in [3.05, 3.63) is 70.2 Å². The van der Waals surface area contributed by atoms with Gasteiger partial charge in [0.2, 0.25) is 11.8 Å². The predicted octanol–water partition coefficient (Wildman–Crippen LogP) is 6.69. The lowest BCUT2D eigenvalue weighted by atomic mass is 9.95. The Labute approximate surface area is 251 Å². The van der Waals surface area contributed by atoms with Gasteiger partial charge in [0.1, 0.15) is 6.04 Å². The normalized spacial score (nSPS) is 17.0. The number of nitrogens with zero attached hydrogens (tertiary/aromatic N) is 2. The minimum atomic E-state index is -3.71. The van der Waals surface area contributed by atoms with Crippen molar-refractivity contribution in [2.75, 3.05) is 10.8 Å². The number of carbonyl (C=O) groups excluding carboxylic acids is 2. The maximum Gasteiger partial charge on any atom is 0.265 e. The van der Waals surface area contributed by atoms with E-state index in [1.54, 1.807) is 41.3 Å². The van der Waals surface area contributed by atoms with E-state index in [1.165, 1.54) is 10.7 Å².